The monoisotopic (exact) mass is 296 g/mol. The van der Waals surface area contributed by atoms with Gasteiger partial charge in [-0.1, -0.05) is 26.7 Å². The Bertz CT molecular complexity index is 328. The van der Waals surface area contributed by atoms with E-state index in [9.17, 15) is 12.6 Å². The molecule has 0 amide bonds. The zero-order chi connectivity index (χ0) is 14.2. The first-order chi connectivity index (χ1) is 8.35. The molecule has 0 aliphatic carbocycles. The van der Waals surface area contributed by atoms with Crippen molar-refractivity contribution in [1.29, 1.82) is 0 Å². The van der Waals surface area contributed by atoms with Crippen molar-refractivity contribution in [3.8, 4) is 0 Å². The molecule has 0 radical (unpaired) electrons. The van der Waals surface area contributed by atoms with E-state index >= 15 is 0 Å². The summed E-state index contributed by atoms with van der Waals surface area (Å²) in [4.78, 5) is 0. The molecule has 18 heavy (non-hydrogen) atoms. The summed E-state index contributed by atoms with van der Waals surface area (Å²) in [6.07, 6.45) is 4.58. The second kappa shape index (κ2) is 9.08. The van der Waals surface area contributed by atoms with Crippen molar-refractivity contribution in [2.45, 2.75) is 70.3 Å². The van der Waals surface area contributed by atoms with Gasteiger partial charge in [0.2, 0.25) is 0 Å². The zero-order valence-electron chi connectivity index (χ0n) is 12.1. The minimum atomic E-state index is -2.98. The number of rotatable bonds is 10. The standard InChI is InChI=1S/C13H28O3S2/c1-5-8-13(9-6-2)17(14)10-7-11-18(15,16)12(3)4/h12-13H,5-11H2,1-4H3. The van der Waals surface area contributed by atoms with E-state index in [1.54, 1.807) is 13.8 Å². The molecule has 0 spiro atoms. The van der Waals surface area contributed by atoms with Crippen molar-refractivity contribution in [3.05, 3.63) is 0 Å². The first-order valence-corrected chi connectivity index (χ1v) is 10.0. The second-order valence-corrected chi connectivity index (χ2v) is 9.57. The molecule has 0 N–H and O–H groups in total. The van der Waals surface area contributed by atoms with Gasteiger partial charge in [-0.2, -0.15) is 0 Å². The van der Waals surface area contributed by atoms with Gasteiger partial charge in [-0.3, -0.25) is 4.21 Å². The molecule has 0 aliphatic heterocycles. The largest absolute Gasteiger partial charge is 0.259 e. The molecule has 0 aromatic heterocycles. The quantitative estimate of drug-likeness (QED) is 0.623. The Morgan fingerprint density at radius 3 is 1.94 bits per heavy atom. The molecule has 1 atom stereocenters. The highest BCUT2D eigenvalue weighted by Crippen LogP contribution is 2.13. The maximum absolute atomic E-state index is 12.1. The van der Waals surface area contributed by atoms with Gasteiger partial charge in [0.05, 0.1) is 11.0 Å². The summed E-state index contributed by atoms with van der Waals surface area (Å²) in [7, 11) is -3.85. The van der Waals surface area contributed by atoms with E-state index in [-0.39, 0.29) is 16.3 Å². The Morgan fingerprint density at radius 1 is 1.06 bits per heavy atom. The average molecular weight is 296 g/mol. The topological polar surface area (TPSA) is 51.2 Å². The van der Waals surface area contributed by atoms with Gasteiger partial charge in [-0.25, -0.2) is 8.42 Å². The minimum absolute atomic E-state index is 0.168. The lowest BCUT2D eigenvalue weighted by atomic mass is 10.2. The van der Waals surface area contributed by atoms with Crippen LogP contribution in [-0.4, -0.2) is 34.6 Å². The van der Waals surface area contributed by atoms with E-state index in [2.05, 4.69) is 13.8 Å². The summed E-state index contributed by atoms with van der Waals surface area (Å²) in [6.45, 7) is 7.60. The van der Waals surface area contributed by atoms with Crippen LogP contribution in [0.2, 0.25) is 0 Å². The molecule has 0 bridgehead atoms. The van der Waals surface area contributed by atoms with Gasteiger partial charge >= 0.3 is 0 Å². The van der Waals surface area contributed by atoms with E-state index in [1.807, 2.05) is 0 Å². The summed E-state index contributed by atoms with van der Waals surface area (Å²) in [5.41, 5.74) is 0. The third kappa shape index (κ3) is 6.88. The number of hydrogen-bond donors (Lipinski definition) is 0. The third-order valence-electron chi connectivity index (χ3n) is 3.09. The van der Waals surface area contributed by atoms with Crippen molar-refractivity contribution in [3.63, 3.8) is 0 Å². The molecule has 1 unspecified atom stereocenters. The van der Waals surface area contributed by atoms with E-state index < -0.39 is 20.6 Å². The van der Waals surface area contributed by atoms with Gasteiger partial charge in [0.25, 0.3) is 0 Å². The summed E-state index contributed by atoms with van der Waals surface area (Å²) in [6, 6.07) is 0. The van der Waals surface area contributed by atoms with Crippen molar-refractivity contribution in [2.75, 3.05) is 11.5 Å². The van der Waals surface area contributed by atoms with Crippen LogP contribution in [0.25, 0.3) is 0 Å². The van der Waals surface area contributed by atoms with E-state index in [0.717, 1.165) is 25.7 Å². The fourth-order valence-corrected chi connectivity index (χ4v) is 4.82. The lowest BCUT2D eigenvalue weighted by Crippen LogP contribution is -2.22. The summed E-state index contributed by atoms with van der Waals surface area (Å²) < 4.78 is 35.4. The lowest BCUT2D eigenvalue weighted by Gasteiger charge is -2.15. The van der Waals surface area contributed by atoms with Crippen molar-refractivity contribution >= 4 is 20.6 Å². The highest BCUT2D eigenvalue weighted by atomic mass is 32.2. The van der Waals surface area contributed by atoms with Gasteiger partial charge in [0, 0.05) is 21.8 Å². The number of sulfone groups is 1. The molecular weight excluding hydrogens is 268 g/mol. The van der Waals surface area contributed by atoms with Crippen LogP contribution < -0.4 is 0 Å². The van der Waals surface area contributed by atoms with Crippen molar-refractivity contribution < 1.29 is 12.6 Å². The zero-order valence-corrected chi connectivity index (χ0v) is 13.8. The van der Waals surface area contributed by atoms with Crippen LogP contribution in [0, 0.1) is 0 Å². The maximum Gasteiger partial charge on any atom is 0.152 e. The molecule has 0 saturated carbocycles. The molecule has 3 nitrogen and oxygen atoms in total. The molecule has 5 heteroatoms. The Labute approximate surface area is 115 Å². The van der Waals surface area contributed by atoms with E-state index in [4.69, 9.17) is 0 Å². The SMILES string of the molecule is CCCC(CCC)S(=O)CCCS(=O)(=O)C(C)C. The smallest absolute Gasteiger partial charge is 0.152 e. The van der Waals surface area contributed by atoms with Gasteiger partial charge in [-0.15, -0.1) is 0 Å². The molecule has 0 rings (SSSR count). The van der Waals surface area contributed by atoms with Crippen molar-refractivity contribution in [1.82, 2.24) is 0 Å². The molecule has 0 aromatic rings. The van der Waals surface area contributed by atoms with Crippen LogP contribution in [0.4, 0.5) is 0 Å². The van der Waals surface area contributed by atoms with Crippen molar-refractivity contribution in [2.24, 2.45) is 0 Å². The number of hydrogen-bond acceptors (Lipinski definition) is 3. The van der Waals surface area contributed by atoms with Crippen LogP contribution in [0.5, 0.6) is 0 Å². The highest BCUT2D eigenvalue weighted by Gasteiger charge is 2.18. The summed E-state index contributed by atoms with van der Waals surface area (Å²) >= 11 is 0. The first-order valence-electron chi connectivity index (χ1n) is 6.93. The highest BCUT2D eigenvalue weighted by molar-refractivity contribution is 7.92. The normalized spacial score (nSPS) is 14.3. The average Bonchev–Trinajstić information content (AvgIpc) is 2.28. The fraction of sp³-hybridized carbons (Fsp3) is 1.00. The molecule has 0 heterocycles. The third-order valence-corrected chi connectivity index (χ3v) is 7.29. The Morgan fingerprint density at radius 2 is 1.56 bits per heavy atom. The van der Waals surface area contributed by atoms with Crippen LogP contribution >= 0.6 is 0 Å². The summed E-state index contributed by atoms with van der Waals surface area (Å²) in [5, 5.41) is -0.0743. The Kier molecular flexibility index (Phi) is 9.13. The molecule has 0 fully saturated rings. The van der Waals surface area contributed by atoms with Gasteiger partial charge < -0.3 is 0 Å². The molecule has 0 saturated heterocycles. The Hall–Kier alpha value is 0.1000. The minimum Gasteiger partial charge on any atom is -0.259 e. The van der Waals surface area contributed by atoms with E-state index in [1.165, 1.54) is 0 Å². The van der Waals surface area contributed by atoms with Gasteiger partial charge in [-0.05, 0) is 33.1 Å². The molecule has 0 aromatic carbocycles. The van der Waals surface area contributed by atoms with E-state index in [0.29, 0.717) is 12.2 Å². The first kappa shape index (κ1) is 18.1. The van der Waals surface area contributed by atoms with Gasteiger partial charge in [0.15, 0.2) is 9.84 Å². The second-order valence-electron chi connectivity index (χ2n) is 5.05. The van der Waals surface area contributed by atoms with Crippen LogP contribution in [0.1, 0.15) is 59.8 Å². The van der Waals surface area contributed by atoms with Gasteiger partial charge in [0.1, 0.15) is 0 Å². The lowest BCUT2D eigenvalue weighted by molar-refractivity contribution is 0.585. The van der Waals surface area contributed by atoms with Crippen LogP contribution in [-0.2, 0) is 20.6 Å². The molecule has 0 aliphatic rings. The Balaban J connectivity index is 4.16. The fourth-order valence-electron chi connectivity index (χ4n) is 1.86. The maximum atomic E-state index is 12.1. The predicted molar refractivity (Wildman–Crippen MR) is 80.2 cm³/mol. The predicted octanol–water partition coefficient (Wildman–Crippen LogP) is 2.92. The summed E-state index contributed by atoms with van der Waals surface area (Å²) in [5.74, 6) is 0.692. The van der Waals surface area contributed by atoms with Crippen LogP contribution in [0.15, 0.2) is 0 Å². The van der Waals surface area contributed by atoms with Crippen LogP contribution in [0.3, 0.4) is 0 Å². The molecular formula is C13H28O3S2. The molecule has 110 valence electrons.